The van der Waals surface area contributed by atoms with Crippen LogP contribution >= 0.6 is 45.2 Å². The number of nitrogens with one attached hydrogen (secondary N) is 2. The summed E-state index contributed by atoms with van der Waals surface area (Å²) in [6, 6.07) is -0.281. The van der Waals surface area contributed by atoms with E-state index in [4.69, 9.17) is 26.2 Å². The van der Waals surface area contributed by atoms with E-state index in [0.29, 0.717) is 7.14 Å². The molecule has 11 heteroatoms. The molecule has 0 radical (unpaired) electrons. The number of rotatable bonds is 8. The van der Waals surface area contributed by atoms with Crippen LogP contribution in [0, 0.1) is 7.14 Å². The van der Waals surface area contributed by atoms with Crippen molar-refractivity contribution in [2.45, 2.75) is 12.1 Å². The first-order valence-corrected chi connectivity index (χ1v) is 9.28. The van der Waals surface area contributed by atoms with E-state index in [2.05, 4.69) is 10.6 Å². The highest BCUT2D eigenvalue weighted by Gasteiger charge is 2.25. The van der Waals surface area contributed by atoms with E-state index in [-0.39, 0.29) is 16.8 Å². The lowest BCUT2D eigenvalue weighted by Crippen LogP contribution is -2.42. The van der Waals surface area contributed by atoms with Gasteiger partial charge in [-0.3, -0.25) is 9.59 Å². The van der Waals surface area contributed by atoms with Crippen LogP contribution in [-0.2, 0) is 0 Å². The van der Waals surface area contributed by atoms with Gasteiger partial charge in [0.2, 0.25) is 0 Å². The number of carbonyl (C=O) groups is 2. The third-order valence-electron chi connectivity index (χ3n) is 3.25. The Bertz CT molecular complexity index is 635. The largest absolute Gasteiger partial charge is 0.398 e. The van der Waals surface area contributed by atoms with E-state index in [1.165, 1.54) is 6.07 Å². The first kappa shape index (κ1) is 22.3. The van der Waals surface area contributed by atoms with Gasteiger partial charge in [-0.15, -0.1) is 0 Å². The summed E-state index contributed by atoms with van der Waals surface area (Å²) in [6.45, 7) is -1.78. The highest BCUT2D eigenvalue weighted by molar-refractivity contribution is 14.1. The summed E-state index contributed by atoms with van der Waals surface area (Å²) < 4.78 is 0.738. The number of aliphatic hydroxyl groups excluding tert-OH is 4. The number of nitrogen functional groups attached to an aromatic ring is 1. The molecule has 0 saturated heterocycles. The van der Waals surface area contributed by atoms with Gasteiger partial charge in [0.05, 0.1) is 49.6 Å². The third kappa shape index (κ3) is 5.62. The normalized spacial score (nSPS) is 11.0. The van der Waals surface area contributed by atoms with Gasteiger partial charge in [-0.1, -0.05) is 0 Å². The second-order valence-corrected chi connectivity index (χ2v) is 7.24. The molecule has 0 fully saturated rings. The van der Waals surface area contributed by atoms with E-state index < -0.39 is 50.3 Å². The van der Waals surface area contributed by atoms with Crippen LogP contribution in [0.3, 0.4) is 0 Å². The molecule has 1 aromatic carbocycles. The molecule has 1 aromatic rings. The second-order valence-electron chi connectivity index (χ2n) is 5.09. The topological polar surface area (TPSA) is 165 Å². The zero-order valence-electron chi connectivity index (χ0n) is 13.0. The Labute approximate surface area is 171 Å². The number of carbonyl (C=O) groups excluding carboxylic acids is 2. The van der Waals surface area contributed by atoms with E-state index >= 15 is 0 Å². The van der Waals surface area contributed by atoms with Crippen LogP contribution in [0.1, 0.15) is 20.7 Å². The van der Waals surface area contributed by atoms with Crippen LogP contribution in [0.2, 0.25) is 0 Å². The van der Waals surface area contributed by atoms with Crippen LogP contribution in [0.4, 0.5) is 5.69 Å². The molecule has 0 spiro atoms. The Morgan fingerprint density at radius 2 is 1.36 bits per heavy atom. The maximum Gasteiger partial charge on any atom is 0.253 e. The molecule has 0 saturated carbocycles. The first-order chi connectivity index (χ1) is 11.8. The molecule has 0 aliphatic heterocycles. The van der Waals surface area contributed by atoms with Gasteiger partial charge >= 0.3 is 0 Å². The molecule has 9 nitrogen and oxygen atoms in total. The summed E-state index contributed by atoms with van der Waals surface area (Å²) in [6.07, 6.45) is 0. The molecule has 0 aromatic heterocycles. The number of benzene rings is 1. The molecule has 0 aliphatic rings. The quantitative estimate of drug-likeness (QED) is 0.148. The van der Waals surface area contributed by atoms with Crippen LogP contribution in [0.25, 0.3) is 0 Å². The van der Waals surface area contributed by atoms with Crippen molar-refractivity contribution in [2.24, 2.45) is 0 Å². The molecular weight excluding hydrogens is 560 g/mol. The fourth-order valence-electron chi connectivity index (χ4n) is 1.84. The summed E-state index contributed by atoms with van der Waals surface area (Å²) in [5.41, 5.74) is 6.34. The van der Waals surface area contributed by atoms with Gasteiger partial charge in [-0.25, -0.2) is 0 Å². The van der Waals surface area contributed by atoms with Gasteiger partial charge in [0.25, 0.3) is 11.8 Å². The molecule has 0 atom stereocenters. The lowest BCUT2D eigenvalue weighted by molar-refractivity contribution is 0.0875. The first-order valence-electron chi connectivity index (χ1n) is 7.13. The highest BCUT2D eigenvalue weighted by atomic mass is 127. The number of halogens is 2. The van der Waals surface area contributed by atoms with Crippen molar-refractivity contribution in [3.8, 4) is 0 Å². The summed E-state index contributed by atoms with van der Waals surface area (Å²) in [4.78, 5) is 24.8. The zero-order valence-corrected chi connectivity index (χ0v) is 17.3. The Morgan fingerprint density at radius 1 is 0.920 bits per heavy atom. The molecule has 0 heterocycles. The van der Waals surface area contributed by atoms with Crippen molar-refractivity contribution in [1.82, 2.24) is 10.6 Å². The van der Waals surface area contributed by atoms with E-state index in [1.807, 2.05) is 45.2 Å². The molecule has 8 N–H and O–H groups in total. The lowest BCUT2D eigenvalue weighted by Gasteiger charge is -2.19. The maximum absolute atomic E-state index is 12.5. The molecule has 2 amide bonds. The van der Waals surface area contributed by atoms with Crippen molar-refractivity contribution >= 4 is 62.7 Å². The maximum atomic E-state index is 12.5. The van der Waals surface area contributed by atoms with Gasteiger partial charge in [0.15, 0.2) is 0 Å². The van der Waals surface area contributed by atoms with Crippen LogP contribution in [0.5, 0.6) is 0 Å². The number of anilines is 1. The zero-order chi connectivity index (χ0) is 19.1. The van der Waals surface area contributed by atoms with Gasteiger partial charge in [-0.2, -0.15) is 0 Å². The highest BCUT2D eigenvalue weighted by Crippen LogP contribution is 2.28. The van der Waals surface area contributed by atoms with Crippen molar-refractivity contribution in [2.75, 3.05) is 32.2 Å². The number of hydrogen-bond donors (Lipinski definition) is 7. The van der Waals surface area contributed by atoms with Crippen molar-refractivity contribution in [1.29, 1.82) is 0 Å². The summed E-state index contributed by atoms with van der Waals surface area (Å²) in [7, 11) is 0. The van der Waals surface area contributed by atoms with E-state index in [0.717, 1.165) is 0 Å². The molecular formula is C14H19I2N3O6. The number of aliphatic hydroxyl groups is 4. The Hall–Kier alpha value is -0.740. The van der Waals surface area contributed by atoms with Gasteiger partial charge in [-0.05, 0) is 51.2 Å². The smallest absolute Gasteiger partial charge is 0.253 e. The predicted molar refractivity (Wildman–Crippen MR) is 107 cm³/mol. The molecule has 25 heavy (non-hydrogen) atoms. The minimum atomic E-state index is -0.842. The second kappa shape index (κ2) is 10.4. The Kier molecular flexibility index (Phi) is 9.29. The van der Waals surface area contributed by atoms with Gasteiger partial charge in [0, 0.05) is 12.8 Å². The number of nitrogens with two attached hydrogens (primary N) is 1. The fraction of sp³-hybridized carbons (Fsp3) is 0.429. The van der Waals surface area contributed by atoms with Crippen molar-refractivity contribution in [3.63, 3.8) is 0 Å². The number of hydrogen-bond acceptors (Lipinski definition) is 7. The predicted octanol–water partition coefficient (Wildman–Crippen LogP) is -1.36. The lowest BCUT2D eigenvalue weighted by atomic mass is 10.1. The van der Waals surface area contributed by atoms with Crippen molar-refractivity contribution in [3.05, 3.63) is 24.3 Å². The Balaban J connectivity index is 3.25. The minimum absolute atomic E-state index is 0.111. The van der Waals surface area contributed by atoms with Crippen LogP contribution in [-0.4, -0.2) is 70.8 Å². The van der Waals surface area contributed by atoms with Crippen LogP contribution in [0.15, 0.2) is 6.07 Å². The summed E-state index contributed by atoms with van der Waals surface area (Å²) in [5, 5.41) is 41.2. The van der Waals surface area contributed by atoms with Gasteiger partial charge in [0.1, 0.15) is 0 Å². The van der Waals surface area contributed by atoms with E-state index in [1.54, 1.807) is 0 Å². The molecule has 0 aliphatic carbocycles. The average Bonchev–Trinajstić information content (AvgIpc) is 2.60. The third-order valence-corrected chi connectivity index (χ3v) is 5.54. The SMILES string of the molecule is Nc1cc(C(=O)NC(CO)CO)c(I)c(C(=O)NC(CO)CO)c1I. The summed E-state index contributed by atoms with van der Waals surface area (Å²) >= 11 is 3.69. The number of amides is 2. The van der Waals surface area contributed by atoms with Gasteiger partial charge < -0.3 is 36.8 Å². The van der Waals surface area contributed by atoms with Crippen molar-refractivity contribution < 1.29 is 30.0 Å². The average molecular weight is 579 g/mol. The fourth-order valence-corrected chi connectivity index (χ4v) is 3.94. The monoisotopic (exact) mass is 579 g/mol. The van der Waals surface area contributed by atoms with E-state index in [9.17, 15) is 9.59 Å². The molecule has 140 valence electrons. The molecule has 1 rings (SSSR count). The van der Waals surface area contributed by atoms with Crippen LogP contribution < -0.4 is 16.4 Å². The molecule has 0 unspecified atom stereocenters. The summed E-state index contributed by atoms with van der Waals surface area (Å²) in [5.74, 6) is -1.19. The standard InChI is InChI=1S/C14H19I2N3O6/c15-11-8(13(24)18-6(2-20)3-21)1-9(17)12(16)10(11)14(25)19-7(4-22)5-23/h1,6-7,20-23H,2-5,17H2,(H,18,24)(H,19,25). The minimum Gasteiger partial charge on any atom is -0.398 e. The Morgan fingerprint density at radius 3 is 1.80 bits per heavy atom. The molecule has 0 bridgehead atoms.